The summed E-state index contributed by atoms with van der Waals surface area (Å²) in [5.74, 6) is -0.559. The van der Waals surface area contributed by atoms with Crippen LogP contribution in [-0.2, 0) is 31.0 Å². The summed E-state index contributed by atoms with van der Waals surface area (Å²) in [7, 11) is -4.10. The molecule has 3 fully saturated rings. The summed E-state index contributed by atoms with van der Waals surface area (Å²) in [4.78, 5) is 54.0. The van der Waals surface area contributed by atoms with Crippen molar-refractivity contribution in [2.75, 3.05) is 31.5 Å². The zero-order valence-electron chi connectivity index (χ0n) is 22.4. The summed E-state index contributed by atoms with van der Waals surface area (Å²) in [6.07, 6.45) is 3.42. The smallest absolute Gasteiger partial charge is 0.250 e. The van der Waals surface area contributed by atoms with Gasteiger partial charge in [-0.2, -0.15) is 4.72 Å². The van der Waals surface area contributed by atoms with E-state index in [1.54, 1.807) is 21.6 Å². The molecule has 2 unspecified atom stereocenters. The Labute approximate surface area is 242 Å². The number of anilines is 1. The van der Waals surface area contributed by atoms with Crippen LogP contribution in [-0.4, -0.2) is 72.7 Å². The lowest BCUT2D eigenvalue weighted by atomic mass is 9.83. The highest BCUT2D eigenvalue weighted by molar-refractivity contribution is 7.89. The number of pyridine rings is 1. The topological polar surface area (TPSA) is 138 Å². The Morgan fingerprint density at radius 1 is 1.02 bits per heavy atom. The largest absolute Gasteiger partial charge is 0.340 e. The highest BCUT2D eigenvalue weighted by Crippen LogP contribution is 2.35. The maximum Gasteiger partial charge on any atom is 0.250 e. The average Bonchev–Trinajstić information content (AvgIpc) is 3.78. The number of sulfonamides is 1. The monoisotopic (exact) mass is 601 g/mol. The van der Waals surface area contributed by atoms with E-state index in [-0.39, 0.29) is 51.6 Å². The van der Waals surface area contributed by atoms with Crippen LogP contribution >= 0.6 is 11.6 Å². The molecular formula is C28H32ClN5O6S. The quantitative estimate of drug-likeness (QED) is 0.496. The third-order valence-corrected chi connectivity index (χ3v) is 10.2. The van der Waals surface area contributed by atoms with Gasteiger partial charge in [0.1, 0.15) is 6.04 Å². The Hall–Kier alpha value is -3.22. The second-order valence-electron chi connectivity index (χ2n) is 11.5. The number of amides is 3. The zero-order valence-corrected chi connectivity index (χ0v) is 24.0. The number of carbonyl (C=O) groups excluding carboxylic acids is 3. The number of aromatic nitrogens is 1. The van der Waals surface area contributed by atoms with Crippen molar-refractivity contribution >= 4 is 45.0 Å². The van der Waals surface area contributed by atoms with E-state index in [1.807, 2.05) is 6.07 Å². The minimum atomic E-state index is -4.10. The molecule has 6 rings (SSSR count). The summed E-state index contributed by atoms with van der Waals surface area (Å²) >= 11 is 6.26. The lowest BCUT2D eigenvalue weighted by molar-refractivity contribution is -0.144. The number of piperidine rings is 2. The molecule has 1 aromatic heterocycles. The van der Waals surface area contributed by atoms with Crippen molar-refractivity contribution in [1.29, 1.82) is 0 Å². The molecule has 4 aliphatic rings. The van der Waals surface area contributed by atoms with Crippen molar-refractivity contribution in [2.24, 2.45) is 11.8 Å². The van der Waals surface area contributed by atoms with Crippen molar-refractivity contribution in [1.82, 2.24) is 19.1 Å². The summed E-state index contributed by atoms with van der Waals surface area (Å²) < 4.78 is 30.6. The van der Waals surface area contributed by atoms with Crippen LogP contribution in [0.1, 0.15) is 43.7 Å². The van der Waals surface area contributed by atoms with Gasteiger partial charge in [0.05, 0.1) is 22.2 Å². The molecule has 3 amide bonds. The van der Waals surface area contributed by atoms with Gasteiger partial charge in [-0.15, -0.1) is 0 Å². The predicted molar refractivity (Wildman–Crippen MR) is 151 cm³/mol. The van der Waals surface area contributed by atoms with E-state index in [0.29, 0.717) is 44.7 Å². The van der Waals surface area contributed by atoms with Gasteiger partial charge in [0, 0.05) is 49.8 Å². The Kier molecular flexibility index (Phi) is 7.41. The van der Waals surface area contributed by atoms with Crippen LogP contribution in [0.5, 0.6) is 0 Å². The standard InChI is InChI=1S/C28H32ClN5O6S/c29-21-12-20(8-9-22(21)30-27(37)18-6-7-18)41(39,40)31-23-3-2-10-32(28(23)38)16-26(36)33-13-17-11-19(15-33)24-4-1-5-25(35)34(24)14-17/h1,4-5,8-9,12,17-19,23,31H,2-3,6-7,10-11,13-16H2,(H,30,37)/t17?,19?,23-/m0/s1. The fourth-order valence-corrected chi connectivity index (χ4v) is 7.71. The second-order valence-corrected chi connectivity index (χ2v) is 13.6. The van der Waals surface area contributed by atoms with Gasteiger partial charge in [0.2, 0.25) is 27.7 Å². The first-order valence-corrected chi connectivity index (χ1v) is 15.8. The molecule has 3 atom stereocenters. The highest BCUT2D eigenvalue weighted by Gasteiger charge is 2.38. The lowest BCUT2D eigenvalue weighted by Crippen LogP contribution is -2.56. The summed E-state index contributed by atoms with van der Waals surface area (Å²) in [6, 6.07) is 8.26. The van der Waals surface area contributed by atoms with E-state index in [9.17, 15) is 27.6 Å². The third-order valence-electron chi connectivity index (χ3n) is 8.44. The summed E-state index contributed by atoms with van der Waals surface area (Å²) in [6.45, 7) is 1.81. The molecule has 2 N–H and O–H groups in total. The minimum Gasteiger partial charge on any atom is -0.340 e. The summed E-state index contributed by atoms with van der Waals surface area (Å²) in [5, 5.41) is 2.80. The first kappa shape index (κ1) is 27.9. The number of halogens is 1. The molecule has 4 heterocycles. The maximum absolute atomic E-state index is 13.3. The van der Waals surface area contributed by atoms with Crippen molar-refractivity contribution in [3.63, 3.8) is 0 Å². The Morgan fingerprint density at radius 2 is 1.83 bits per heavy atom. The number of nitrogens with one attached hydrogen (secondary N) is 2. The van der Waals surface area contributed by atoms with Crippen molar-refractivity contribution in [2.45, 2.75) is 55.5 Å². The number of hydrogen-bond acceptors (Lipinski definition) is 6. The van der Waals surface area contributed by atoms with Gasteiger partial charge >= 0.3 is 0 Å². The lowest BCUT2D eigenvalue weighted by Gasteiger charge is -2.43. The Balaban J connectivity index is 1.09. The van der Waals surface area contributed by atoms with Crippen LogP contribution in [0.3, 0.4) is 0 Å². The Morgan fingerprint density at radius 3 is 2.59 bits per heavy atom. The molecule has 3 aliphatic heterocycles. The molecule has 1 aliphatic carbocycles. The average molecular weight is 602 g/mol. The molecular weight excluding hydrogens is 570 g/mol. The van der Waals surface area contributed by atoms with Crippen LogP contribution in [0.15, 0.2) is 46.1 Å². The zero-order chi connectivity index (χ0) is 28.9. The SMILES string of the molecule is O=C(Nc1ccc(S(=O)(=O)N[C@H]2CCCN(CC(=O)N3CC4CC(C3)c3cccc(=O)n3C4)C2=O)cc1Cl)C1CC1. The molecule has 2 aromatic rings. The summed E-state index contributed by atoms with van der Waals surface area (Å²) in [5.41, 5.74) is 1.24. The molecule has 2 bridgehead atoms. The van der Waals surface area contributed by atoms with Gasteiger partial charge in [-0.3, -0.25) is 19.2 Å². The minimum absolute atomic E-state index is 0.0251. The molecule has 11 nitrogen and oxygen atoms in total. The molecule has 0 radical (unpaired) electrons. The first-order chi connectivity index (χ1) is 19.6. The van der Waals surface area contributed by atoms with Gasteiger partial charge in [-0.05, 0) is 62.3 Å². The predicted octanol–water partition coefficient (Wildman–Crippen LogP) is 1.77. The molecule has 2 saturated heterocycles. The van der Waals surface area contributed by atoms with E-state index in [1.165, 1.54) is 23.1 Å². The van der Waals surface area contributed by atoms with Gasteiger partial charge < -0.3 is 19.7 Å². The van der Waals surface area contributed by atoms with Crippen molar-refractivity contribution in [3.05, 3.63) is 57.5 Å². The van der Waals surface area contributed by atoms with E-state index in [4.69, 9.17) is 11.6 Å². The molecule has 1 aromatic carbocycles. The van der Waals surface area contributed by atoms with Crippen LogP contribution in [0, 0.1) is 11.8 Å². The molecule has 1 saturated carbocycles. The van der Waals surface area contributed by atoms with Crippen molar-refractivity contribution in [3.8, 4) is 0 Å². The molecule has 13 heteroatoms. The molecule has 41 heavy (non-hydrogen) atoms. The van der Waals surface area contributed by atoms with Crippen LogP contribution in [0.25, 0.3) is 0 Å². The normalized spacial score (nSPS) is 24.1. The number of fused-ring (bicyclic) bond motifs is 4. The molecule has 218 valence electrons. The third kappa shape index (κ3) is 5.77. The van der Waals surface area contributed by atoms with E-state index in [2.05, 4.69) is 10.0 Å². The number of nitrogens with zero attached hydrogens (tertiary/aromatic N) is 3. The van der Waals surface area contributed by atoms with Gasteiger partial charge in [-0.1, -0.05) is 17.7 Å². The number of rotatable bonds is 7. The van der Waals surface area contributed by atoms with Gasteiger partial charge in [-0.25, -0.2) is 8.42 Å². The van der Waals surface area contributed by atoms with Crippen LogP contribution in [0.2, 0.25) is 5.02 Å². The van der Waals surface area contributed by atoms with E-state index in [0.717, 1.165) is 25.0 Å². The number of benzene rings is 1. The Bertz CT molecular complexity index is 1570. The van der Waals surface area contributed by atoms with E-state index < -0.39 is 22.0 Å². The maximum atomic E-state index is 13.3. The number of likely N-dealkylation sites (tertiary alicyclic amines) is 2. The van der Waals surface area contributed by atoms with Gasteiger partial charge in [0.25, 0.3) is 5.56 Å². The van der Waals surface area contributed by atoms with Crippen molar-refractivity contribution < 1.29 is 22.8 Å². The second kappa shape index (κ2) is 10.9. The van der Waals surface area contributed by atoms with Crippen LogP contribution in [0.4, 0.5) is 5.69 Å². The number of carbonyl (C=O) groups is 3. The number of hydrogen-bond donors (Lipinski definition) is 2. The van der Waals surface area contributed by atoms with Gasteiger partial charge in [0.15, 0.2) is 0 Å². The fraction of sp³-hybridized carbons (Fsp3) is 0.500. The van der Waals surface area contributed by atoms with E-state index >= 15 is 0 Å². The highest BCUT2D eigenvalue weighted by atomic mass is 35.5. The molecule has 0 spiro atoms. The fourth-order valence-electron chi connectivity index (χ4n) is 6.17. The first-order valence-electron chi connectivity index (χ1n) is 14.0. The van der Waals surface area contributed by atoms with Crippen LogP contribution < -0.4 is 15.6 Å².